The Bertz CT molecular complexity index is 759. The summed E-state index contributed by atoms with van der Waals surface area (Å²) < 4.78 is 6.47. The maximum atomic E-state index is 5.29. The number of aromatic nitrogens is 1. The first-order chi connectivity index (χ1) is 12.2. The maximum absolute atomic E-state index is 5.29. The van der Waals surface area contributed by atoms with Crippen molar-refractivity contribution in [2.75, 3.05) is 20.7 Å². The molecule has 25 heavy (non-hydrogen) atoms. The molecule has 5 nitrogen and oxygen atoms in total. The first kappa shape index (κ1) is 17.7. The van der Waals surface area contributed by atoms with E-state index in [9.17, 15) is 0 Å². The number of methoxy groups -OCH3 is 1. The van der Waals surface area contributed by atoms with E-state index < -0.39 is 0 Å². The molecule has 1 aromatic carbocycles. The molecule has 6 heteroatoms. The second-order valence-electron chi connectivity index (χ2n) is 6.21. The van der Waals surface area contributed by atoms with Gasteiger partial charge in [-0.15, -0.1) is 0 Å². The molecule has 0 amide bonds. The molecule has 1 aromatic heterocycles. The number of halogens is 1. The number of guanidine groups is 1. The zero-order valence-electron chi connectivity index (χ0n) is 14.6. The van der Waals surface area contributed by atoms with E-state index in [-0.39, 0.29) is 5.41 Å². The molecule has 1 aliphatic carbocycles. The average molecular weight is 403 g/mol. The van der Waals surface area contributed by atoms with Crippen molar-refractivity contribution in [1.82, 2.24) is 15.6 Å². The maximum Gasteiger partial charge on any atom is 0.218 e. The van der Waals surface area contributed by atoms with E-state index in [1.54, 1.807) is 20.4 Å². The number of ether oxygens (including phenoxy) is 1. The van der Waals surface area contributed by atoms with Crippen molar-refractivity contribution < 1.29 is 4.74 Å². The van der Waals surface area contributed by atoms with Gasteiger partial charge in [0.2, 0.25) is 5.88 Å². The summed E-state index contributed by atoms with van der Waals surface area (Å²) in [4.78, 5) is 8.54. The van der Waals surface area contributed by atoms with Gasteiger partial charge in [0.1, 0.15) is 0 Å². The second kappa shape index (κ2) is 7.87. The molecule has 0 aliphatic heterocycles. The third-order valence-electron chi connectivity index (χ3n) is 4.61. The van der Waals surface area contributed by atoms with Gasteiger partial charge in [0.15, 0.2) is 5.96 Å². The predicted molar refractivity (Wildman–Crippen MR) is 104 cm³/mol. The Morgan fingerprint density at radius 3 is 2.72 bits per heavy atom. The van der Waals surface area contributed by atoms with Gasteiger partial charge in [0.25, 0.3) is 0 Å². The molecule has 2 aromatic rings. The Labute approximate surface area is 157 Å². The third-order valence-corrected chi connectivity index (χ3v) is 5.30. The Hall–Kier alpha value is -2.08. The number of hydrogen-bond donors (Lipinski definition) is 2. The van der Waals surface area contributed by atoms with Crippen LogP contribution in [0.2, 0.25) is 0 Å². The molecule has 0 radical (unpaired) electrons. The zero-order valence-corrected chi connectivity index (χ0v) is 16.1. The summed E-state index contributed by atoms with van der Waals surface area (Å²) >= 11 is 3.68. The van der Waals surface area contributed by atoms with Crippen molar-refractivity contribution in [2.45, 2.75) is 24.8 Å². The summed E-state index contributed by atoms with van der Waals surface area (Å²) in [6.07, 6.45) is 4.11. The third kappa shape index (κ3) is 4.12. The largest absolute Gasteiger partial charge is 0.481 e. The quantitative estimate of drug-likeness (QED) is 0.574. The summed E-state index contributed by atoms with van der Waals surface area (Å²) in [5.74, 6) is 1.42. The molecule has 0 saturated heterocycles. The normalized spacial score (nSPS) is 15.6. The van der Waals surface area contributed by atoms with Crippen LogP contribution in [-0.2, 0) is 12.0 Å². The Morgan fingerprint density at radius 1 is 1.24 bits per heavy atom. The van der Waals surface area contributed by atoms with Crippen LogP contribution in [0.25, 0.3) is 0 Å². The molecule has 1 fully saturated rings. The van der Waals surface area contributed by atoms with Gasteiger partial charge in [-0.05, 0) is 30.5 Å². The minimum absolute atomic E-state index is 0.198. The second-order valence-corrected chi connectivity index (χ2v) is 7.07. The van der Waals surface area contributed by atoms with Crippen molar-refractivity contribution >= 4 is 21.9 Å². The number of benzene rings is 1. The Kier molecular flexibility index (Phi) is 5.58. The number of rotatable bonds is 6. The molecule has 2 N–H and O–H groups in total. The Balaban J connectivity index is 1.59. The molecule has 0 bridgehead atoms. The van der Waals surface area contributed by atoms with Crippen LogP contribution in [0.4, 0.5) is 0 Å². The van der Waals surface area contributed by atoms with E-state index in [1.165, 1.54) is 22.9 Å². The molecule has 132 valence electrons. The first-order valence-corrected chi connectivity index (χ1v) is 9.15. The lowest BCUT2D eigenvalue weighted by Crippen LogP contribution is -2.41. The van der Waals surface area contributed by atoms with Gasteiger partial charge in [-0.2, -0.15) is 0 Å². The van der Waals surface area contributed by atoms with E-state index in [2.05, 4.69) is 60.8 Å². The van der Waals surface area contributed by atoms with Gasteiger partial charge >= 0.3 is 0 Å². The van der Waals surface area contributed by atoms with Crippen LogP contribution in [0, 0.1) is 0 Å². The number of hydrogen-bond acceptors (Lipinski definition) is 3. The van der Waals surface area contributed by atoms with E-state index in [0.29, 0.717) is 12.4 Å². The van der Waals surface area contributed by atoms with Gasteiger partial charge in [-0.25, -0.2) is 4.98 Å². The highest BCUT2D eigenvalue weighted by molar-refractivity contribution is 9.10. The lowest BCUT2D eigenvalue weighted by atomic mass is 9.96. The summed E-state index contributed by atoms with van der Waals surface area (Å²) in [5, 5.41) is 6.80. The minimum atomic E-state index is 0.198. The summed E-state index contributed by atoms with van der Waals surface area (Å²) in [5.41, 5.74) is 2.57. The number of nitrogens with one attached hydrogen (secondary N) is 2. The summed E-state index contributed by atoms with van der Waals surface area (Å²) in [7, 11) is 3.42. The number of aliphatic imine (C=N–C) groups is 1. The van der Waals surface area contributed by atoms with Crippen molar-refractivity contribution in [3.05, 3.63) is 58.2 Å². The van der Waals surface area contributed by atoms with E-state index in [0.717, 1.165) is 18.1 Å². The van der Waals surface area contributed by atoms with Crippen LogP contribution >= 0.6 is 15.9 Å². The zero-order chi connectivity index (χ0) is 17.7. The summed E-state index contributed by atoms with van der Waals surface area (Å²) in [6, 6.07) is 12.4. The van der Waals surface area contributed by atoms with Crippen molar-refractivity contribution in [1.29, 1.82) is 0 Å². The van der Waals surface area contributed by atoms with Crippen molar-refractivity contribution in [3.8, 4) is 5.88 Å². The minimum Gasteiger partial charge on any atom is -0.481 e. The number of nitrogens with zero attached hydrogens (tertiary/aromatic N) is 2. The van der Waals surface area contributed by atoms with Crippen LogP contribution in [0.5, 0.6) is 5.88 Å². The predicted octanol–water partition coefficient (Wildman–Crippen LogP) is 3.25. The van der Waals surface area contributed by atoms with Gasteiger partial charge in [0.05, 0.1) is 7.11 Å². The topological polar surface area (TPSA) is 58.5 Å². The SMILES string of the molecule is CN=C(NCc1cccnc1OC)NCC1(c2ccccc2Br)CC1. The lowest BCUT2D eigenvalue weighted by Gasteiger charge is -2.20. The van der Waals surface area contributed by atoms with E-state index in [1.807, 2.05) is 12.1 Å². The molecule has 1 aliphatic rings. The lowest BCUT2D eigenvalue weighted by molar-refractivity contribution is 0.392. The average Bonchev–Trinajstić information content (AvgIpc) is 3.43. The van der Waals surface area contributed by atoms with Gasteiger partial charge < -0.3 is 15.4 Å². The molecule has 0 spiro atoms. The van der Waals surface area contributed by atoms with Gasteiger partial charge in [-0.3, -0.25) is 4.99 Å². The Morgan fingerprint density at radius 2 is 2.04 bits per heavy atom. The van der Waals surface area contributed by atoms with E-state index >= 15 is 0 Å². The molecule has 0 unspecified atom stereocenters. The van der Waals surface area contributed by atoms with Gasteiger partial charge in [0, 0.05) is 41.8 Å². The van der Waals surface area contributed by atoms with Crippen LogP contribution in [0.15, 0.2) is 52.1 Å². The highest BCUT2D eigenvalue weighted by atomic mass is 79.9. The highest BCUT2D eigenvalue weighted by Gasteiger charge is 2.45. The molecule has 3 rings (SSSR count). The highest BCUT2D eigenvalue weighted by Crippen LogP contribution is 2.49. The van der Waals surface area contributed by atoms with Gasteiger partial charge in [-0.1, -0.05) is 40.2 Å². The fourth-order valence-electron chi connectivity index (χ4n) is 2.98. The molecular formula is C19H23BrN4O. The molecule has 1 saturated carbocycles. The molecule has 0 atom stereocenters. The fraction of sp³-hybridized carbons (Fsp3) is 0.368. The van der Waals surface area contributed by atoms with E-state index in [4.69, 9.17) is 4.74 Å². The standard InChI is InChI=1S/C19H23BrN4O/c1-21-18(23-12-14-6-5-11-22-17(14)25-2)24-13-19(9-10-19)15-7-3-4-8-16(15)20/h3-8,11H,9-10,12-13H2,1-2H3,(H2,21,23,24). The van der Waals surface area contributed by atoms with Crippen LogP contribution in [0.1, 0.15) is 24.0 Å². The van der Waals surface area contributed by atoms with Crippen molar-refractivity contribution in [3.63, 3.8) is 0 Å². The fourth-order valence-corrected chi connectivity index (χ4v) is 3.68. The van der Waals surface area contributed by atoms with Crippen molar-refractivity contribution in [2.24, 2.45) is 4.99 Å². The van der Waals surface area contributed by atoms with Crippen LogP contribution in [-0.4, -0.2) is 31.6 Å². The molecule has 1 heterocycles. The first-order valence-electron chi connectivity index (χ1n) is 8.36. The monoisotopic (exact) mass is 402 g/mol. The van der Waals surface area contributed by atoms with Crippen LogP contribution < -0.4 is 15.4 Å². The smallest absolute Gasteiger partial charge is 0.218 e. The number of pyridine rings is 1. The molecular weight excluding hydrogens is 380 g/mol. The van der Waals surface area contributed by atoms with Crippen LogP contribution in [0.3, 0.4) is 0 Å². The summed E-state index contributed by atoms with van der Waals surface area (Å²) in [6.45, 7) is 1.47.